The lowest BCUT2D eigenvalue weighted by Crippen LogP contribution is -1.99. The summed E-state index contributed by atoms with van der Waals surface area (Å²) in [5.41, 5.74) is 0. The van der Waals surface area contributed by atoms with Gasteiger partial charge in [0.15, 0.2) is 0 Å². The van der Waals surface area contributed by atoms with Crippen LogP contribution >= 0.6 is 31.9 Å². The minimum Gasteiger partial charge on any atom is -0.493 e. The molecule has 3 aromatic carbocycles. The third kappa shape index (κ3) is 5.91. The van der Waals surface area contributed by atoms with E-state index in [1.807, 2.05) is 0 Å². The molecule has 0 fully saturated rings. The second kappa shape index (κ2) is 12.0. The fraction of sp³-hybridized carbons (Fsp3) is 0.462. The second-order valence-corrected chi connectivity index (χ2v) is 9.56. The van der Waals surface area contributed by atoms with Crippen molar-refractivity contribution in [2.75, 3.05) is 13.2 Å². The summed E-state index contributed by atoms with van der Waals surface area (Å²) in [5.74, 6) is 1.89. The first-order valence-electron chi connectivity index (χ1n) is 11.3. The van der Waals surface area contributed by atoms with Crippen LogP contribution in [-0.4, -0.2) is 13.2 Å². The highest BCUT2D eigenvalue weighted by Crippen LogP contribution is 2.40. The molecule has 4 heteroatoms. The van der Waals surface area contributed by atoms with Crippen LogP contribution in [0.15, 0.2) is 45.3 Å². The molecule has 0 amide bonds. The van der Waals surface area contributed by atoms with Gasteiger partial charge in [-0.1, -0.05) is 84.2 Å². The van der Waals surface area contributed by atoms with Gasteiger partial charge in [-0.3, -0.25) is 0 Å². The smallest absolute Gasteiger partial charge is 0.127 e. The van der Waals surface area contributed by atoms with Crippen molar-refractivity contribution in [2.24, 2.45) is 0 Å². The number of benzene rings is 3. The van der Waals surface area contributed by atoms with Gasteiger partial charge in [0.1, 0.15) is 11.5 Å². The van der Waals surface area contributed by atoms with Crippen LogP contribution in [0.4, 0.5) is 0 Å². The van der Waals surface area contributed by atoms with Gasteiger partial charge in [-0.05, 0) is 49.2 Å². The van der Waals surface area contributed by atoms with Crippen molar-refractivity contribution in [3.8, 4) is 11.5 Å². The van der Waals surface area contributed by atoms with Crippen molar-refractivity contribution < 1.29 is 9.47 Å². The molecule has 0 atom stereocenters. The van der Waals surface area contributed by atoms with Gasteiger partial charge < -0.3 is 9.47 Å². The summed E-state index contributed by atoms with van der Waals surface area (Å²) in [6, 6.07) is 12.8. The second-order valence-electron chi connectivity index (χ2n) is 7.85. The van der Waals surface area contributed by atoms with Crippen molar-refractivity contribution in [2.45, 2.75) is 65.2 Å². The fourth-order valence-electron chi connectivity index (χ4n) is 3.73. The Labute approximate surface area is 197 Å². The summed E-state index contributed by atoms with van der Waals surface area (Å²) < 4.78 is 14.5. The molecule has 0 spiro atoms. The van der Waals surface area contributed by atoms with Gasteiger partial charge in [-0.15, -0.1) is 0 Å². The number of halogens is 2. The Hall–Kier alpha value is -1.26. The standard InChI is InChI=1S/C26H32Br2O2/c1-3-5-7-9-15-29-25-13-11-23(27)19-17-20-22(18-21(19)25)26(14-12-24(20)28)30-16-10-8-6-4-2/h11-14,17-18H,3-10,15-16H2,1-2H3. The Balaban J connectivity index is 1.91. The highest BCUT2D eigenvalue weighted by Gasteiger charge is 2.12. The van der Waals surface area contributed by atoms with Crippen molar-refractivity contribution in [3.05, 3.63) is 45.3 Å². The van der Waals surface area contributed by atoms with Gasteiger partial charge in [0.05, 0.1) is 13.2 Å². The topological polar surface area (TPSA) is 18.5 Å². The van der Waals surface area contributed by atoms with E-state index in [0.717, 1.165) is 68.0 Å². The number of ether oxygens (including phenoxy) is 2. The van der Waals surface area contributed by atoms with Crippen LogP contribution in [0.3, 0.4) is 0 Å². The van der Waals surface area contributed by atoms with E-state index in [9.17, 15) is 0 Å². The van der Waals surface area contributed by atoms with Crippen LogP contribution in [0.5, 0.6) is 11.5 Å². The quantitative estimate of drug-likeness (QED) is 0.170. The van der Waals surface area contributed by atoms with Crippen molar-refractivity contribution in [1.29, 1.82) is 0 Å². The summed E-state index contributed by atoms with van der Waals surface area (Å²) in [4.78, 5) is 0. The summed E-state index contributed by atoms with van der Waals surface area (Å²) in [5, 5.41) is 4.58. The van der Waals surface area contributed by atoms with Crippen molar-refractivity contribution in [3.63, 3.8) is 0 Å². The average Bonchev–Trinajstić information content (AvgIpc) is 2.75. The molecule has 3 rings (SSSR count). The summed E-state index contributed by atoms with van der Waals surface area (Å²) in [7, 11) is 0. The molecular formula is C26H32Br2O2. The molecule has 162 valence electrons. The van der Waals surface area contributed by atoms with Crippen LogP contribution in [-0.2, 0) is 0 Å². The number of rotatable bonds is 12. The molecule has 30 heavy (non-hydrogen) atoms. The lowest BCUT2D eigenvalue weighted by atomic mass is 10.0. The minimum absolute atomic E-state index is 0.758. The van der Waals surface area contributed by atoms with Crippen LogP contribution in [0.1, 0.15) is 65.2 Å². The first-order valence-corrected chi connectivity index (χ1v) is 12.8. The monoisotopic (exact) mass is 534 g/mol. The number of hydrogen-bond donors (Lipinski definition) is 0. The van der Waals surface area contributed by atoms with E-state index >= 15 is 0 Å². The van der Waals surface area contributed by atoms with E-state index in [0.29, 0.717) is 0 Å². The van der Waals surface area contributed by atoms with Crippen LogP contribution < -0.4 is 9.47 Å². The van der Waals surface area contributed by atoms with E-state index in [2.05, 4.69) is 82.1 Å². The summed E-state index contributed by atoms with van der Waals surface area (Å²) >= 11 is 7.45. The first kappa shape index (κ1) is 23.4. The van der Waals surface area contributed by atoms with Crippen molar-refractivity contribution in [1.82, 2.24) is 0 Å². The zero-order valence-corrected chi connectivity index (χ0v) is 21.3. The Morgan fingerprint density at radius 1 is 0.567 bits per heavy atom. The summed E-state index contributed by atoms with van der Waals surface area (Å²) in [6.45, 7) is 5.98. The van der Waals surface area contributed by atoms with E-state index in [-0.39, 0.29) is 0 Å². The van der Waals surface area contributed by atoms with E-state index in [4.69, 9.17) is 9.47 Å². The maximum Gasteiger partial charge on any atom is 0.127 e. The van der Waals surface area contributed by atoms with Crippen LogP contribution in [0, 0.1) is 0 Å². The van der Waals surface area contributed by atoms with Gasteiger partial charge in [-0.2, -0.15) is 0 Å². The molecule has 0 aliphatic rings. The highest BCUT2D eigenvalue weighted by molar-refractivity contribution is 9.11. The Morgan fingerprint density at radius 3 is 1.43 bits per heavy atom. The molecule has 0 aliphatic carbocycles. The molecule has 0 aromatic heterocycles. The molecule has 0 N–H and O–H groups in total. The molecule has 0 bridgehead atoms. The lowest BCUT2D eigenvalue weighted by Gasteiger charge is -2.15. The lowest BCUT2D eigenvalue weighted by molar-refractivity contribution is 0.308. The number of unbranched alkanes of at least 4 members (excludes halogenated alkanes) is 6. The van der Waals surface area contributed by atoms with Crippen LogP contribution in [0.25, 0.3) is 21.5 Å². The molecular weight excluding hydrogens is 504 g/mol. The Kier molecular flexibility index (Phi) is 9.32. The molecule has 3 aromatic rings. The molecule has 0 radical (unpaired) electrons. The first-order chi connectivity index (χ1) is 14.7. The van der Waals surface area contributed by atoms with Gasteiger partial charge in [0.2, 0.25) is 0 Å². The molecule has 0 aliphatic heterocycles. The molecule has 0 heterocycles. The number of fused-ring (bicyclic) bond motifs is 2. The highest BCUT2D eigenvalue weighted by atomic mass is 79.9. The zero-order valence-electron chi connectivity index (χ0n) is 18.1. The van der Waals surface area contributed by atoms with Gasteiger partial charge in [-0.25, -0.2) is 0 Å². The molecule has 2 nitrogen and oxygen atoms in total. The van der Waals surface area contributed by atoms with Gasteiger partial charge in [0.25, 0.3) is 0 Å². The normalized spacial score (nSPS) is 11.3. The fourth-order valence-corrected chi connectivity index (χ4v) is 4.65. The predicted octanol–water partition coefficient (Wildman–Crippen LogP) is 9.44. The third-order valence-corrected chi connectivity index (χ3v) is 6.86. The minimum atomic E-state index is 0.758. The van der Waals surface area contributed by atoms with E-state index in [1.54, 1.807) is 0 Å². The Bertz CT molecular complexity index is 893. The van der Waals surface area contributed by atoms with Crippen LogP contribution in [0.2, 0.25) is 0 Å². The van der Waals surface area contributed by atoms with Gasteiger partial charge >= 0.3 is 0 Å². The largest absolute Gasteiger partial charge is 0.493 e. The molecule has 0 unspecified atom stereocenters. The maximum atomic E-state index is 6.19. The Morgan fingerprint density at radius 2 is 1.00 bits per heavy atom. The number of hydrogen-bond acceptors (Lipinski definition) is 2. The average molecular weight is 536 g/mol. The van der Waals surface area contributed by atoms with E-state index in [1.165, 1.54) is 38.5 Å². The molecule has 0 saturated heterocycles. The zero-order chi connectivity index (χ0) is 21.3. The molecule has 0 saturated carbocycles. The predicted molar refractivity (Wildman–Crippen MR) is 136 cm³/mol. The maximum absolute atomic E-state index is 6.19. The summed E-state index contributed by atoms with van der Waals surface area (Å²) in [6.07, 6.45) is 9.64. The SMILES string of the molecule is CCCCCCOc1ccc(Br)c2cc3c(Br)ccc(OCCCCCC)c3cc12. The van der Waals surface area contributed by atoms with Crippen molar-refractivity contribution >= 4 is 53.4 Å². The van der Waals surface area contributed by atoms with E-state index < -0.39 is 0 Å². The van der Waals surface area contributed by atoms with Gasteiger partial charge in [0, 0.05) is 30.5 Å². The third-order valence-electron chi connectivity index (χ3n) is 5.48.